The van der Waals surface area contributed by atoms with Crippen LogP contribution >= 0.6 is 0 Å². The first-order valence-corrected chi connectivity index (χ1v) is 5.56. The van der Waals surface area contributed by atoms with E-state index in [-0.39, 0.29) is 0 Å². The third-order valence-electron chi connectivity index (χ3n) is 2.80. The van der Waals surface area contributed by atoms with Gasteiger partial charge in [-0.25, -0.2) is 0 Å². The van der Waals surface area contributed by atoms with Crippen LogP contribution in [-0.4, -0.2) is 0 Å². The minimum absolute atomic E-state index is 0.482. The summed E-state index contributed by atoms with van der Waals surface area (Å²) in [6.07, 6.45) is 7.94. The molecule has 1 aliphatic rings. The van der Waals surface area contributed by atoms with Gasteiger partial charge < -0.3 is 0 Å². The number of allylic oxidation sites excluding steroid dienone is 8. The average molecular weight is 201 g/mol. The van der Waals surface area contributed by atoms with Crippen LogP contribution in [0.2, 0.25) is 0 Å². The van der Waals surface area contributed by atoms with E-state index in [2.05, 4.69) is 59.8 Å². The molecule has 81 valence electrons. The van der Waals surface area contributed by atoms with E-state index in [1.165, 1.54) is 27.9 Å². The van der Waals surface area contributed by atoms with Crippen LogP contribution in [0.4, 0.5) is 0 Å². The fraction of sp³-hybridized carbons (Fsp3) is 0.467. The molecule has 1 unspecified atom stereocenters. The second-order valence-electron chi connectivity index (χ2n) is 4.70. The molecule has 0 aromatic carbocycles. The summed E-state index contributed by atoms with van der Waals surface area (Å²) in [5, 5.41) is 0. The summed E-state index contributed by atoms with van der Waals surface area (Å²) in [5.41, 5.74) is 6.77. The van der Waals surface area contributed by atoms with Crippen molar-refractivity contribution in [1.82, 2.24) is 0 Å². The van der Waals surface area contributed by atoms with Crippen molar-refractivity contribution in [3.63, 3.8) is 0 Å². The average Bonchev–Trinajstić information content (AvgIpc) is 2.31. The summed E-state index contributed by atoms with van der Waals surface area (Å²) in [7, 11) is 0. The van der Waals surface area contributed by atoms with Crippen LogP contribution in [0, 0.1) is 12.0 Å². The van der Waals surface area contributed by atoms with E-state index >= 15 is 0 Å². The van der Waals surface area contributed by atoms with Crippen LogP contribution in [0.5, 0.6) is 0 Å². The molecular formula is C15H21. The first-order chi connectivity index (χ1) is 6.91. The van der Waals surface area contributed by atoms with Gasteiger partial charge in [-0.2, -0.15) is 0 Å². The third-order valence-corrected chi connectivity index (χ3v) is 2.80. The number of hydrogen-bond donors (Lipinski definition) is 0. The van der Waals surface area contributed by atoms with E-state index < -0.39 is 0 Å². The molecule has 1 aliphatic carbocycles. The highest BCUT2D eigenvalue weighted by Gasteiger charge is 2.15. The van der Waals surface area contributed by atoms with Gasteiger partial charge in [0.1, 0.15) is 0 Å². The molecule has 0 heterocycles. The fourth-order valence-electron chi connectivity index (χ4n) is 1.99. The van der Waals surface area contributed by atoms with Gasteiger partial charge in [0.2, 0.25) is 0 Å². The van der Waals surface area contributed by atoms with Gasteiger partial charge in [0.05, 0.1) is 0 Å². The van der Waals surface area contributed by atoms with E-state index in [0.29, 0.717) is 5.92 Å². The Balaban J connectivity index is 3.01. The largest absolute Gasteiger partial charge is 0.0762 e. The van der Waals surface area contributed by atoms with Crippen LogP contribution < -0.4 is 0 Å². The number of rotatable bonds is 2. The summed E-state index contributed by atoms with van der Waals surface area (Å²) < 4.78 is 0. The van der Waals surface area contributed by atoms with Crippen LogP contribution in [0.1, 0.15) is 41.5 Å². The van der Waals surface area contributed by atoms with E-state index in [9.17, 15) is 0 Å². The Morgan fingerprint density at radius 2 is 1.80 bits per heavy atom. The monoisotopic (exact) mass is 201 g/mol. The van der Waals surface area contributed by atoms with Crippen molar-refractivity contribution in [1.29, 1.82) is 0 Å². The predicted octanol–water partition coefficient (Wildman–Crippen LogP) is 4.61. The summed E-state index contributed by atoms with van der Waals surface area (Å²) >= 11 is 0. The van der Waals surface area contributed by atoms with Crippen molar-refractivity contribution in [2.45, 2.75) is 41.5 Å². The zero-order chi connectivity index (χ0) is 11.6. The topological polar surface area (TPSA) is 0 Å². The summed E-state index contributed by atoms with van der Waals surface area (Å²) in [4.78, 5) is 0. The first-order valence-electron chi connectivity index (χ1n) is 5.56. The van der Waals surface area contributed by atoms with Crippen LogP contribution in [-0.2, 0) is 0 Å². The summed E-state index contributed by atoms with van der Waals surface area (Å²) in [6, 6.07) is 0. The second-order valence-corrected chi connectivity index (χ2v) is 4.70. The first kappa shape index (κ1) is 12.0. The molecule has 0 heteroatoms. The summed E-state index contributed by atoms with van der Waals surface area (Å²) in [5.74, 6) is 0.482. The lowest BCUT2D eigenvalue weighted by Gasteiger charge is -2.04. The van der Waals surface area contributed by atoms with Crippen molar-refractivity contribution in [2.75, 3.05) is 0 Å². The Bertz CT molecular complexity index is 369. The van der Waals surface area contributed by atoms with Gasteiger partial charge >= 0.3 is 0 Å². The minimum atomic E-state index is 0.482. The molecule has 0 nitrogen and oxygen atoms in total. The molecule has 15 heavy (non-hydrogen) atoms. The Kier molecular flexibility index (Phi) is 3.73. The van der Waals surface area contributed by atoms with E-state index in [1.54, 1.807) is 0 Å². The van der Waals surface area contributed by atoms with E-state index in [4.69, 9.17) is 0 Å². The molecule has 0 aliphatic heterocycles. The molecule has 0 N–H and O–H groups in total. The van der Waals surface area contributed by atoms with Crippen molar-refractivity contribution < 1.29 is 0 Å². The Morgan fingerprint density at radius 1 is 1.20 bits per heavy atom. The molecule has 0 amide bonds. The molecule has 0 bridgehead atoms. The maximum atomic E-state index is 3.45. The van der Waals surface area contributed by atoms with Gasteiger partial charge in [0.25, 0.3) is 0 Å². The number of hydrogen-bond acceptors (Lipinski definition) is 0. The van der Waals surface area contributed by atoms with Gasteiger partial charge in [0, 0.05) is 5.92 Å². The normalized spacial score (nSPS) is 21.9. The van der Waals surface area contributed by atoms with Gasteiger partial charge in [-0.3, -0.25) is 0 Å². The van der Waals surface area contributed by atoms with Crippen LogP contribution in [0.3, 0.4) is 0 Å². The minimum Gasteiger partial charge on any atom is -0.0762 e. The molecule has 1 rings (SSSR count). The lowest BCUT2D eigenvalue weighted by molar-refractivity contribution is 0.853. The zero-order valence-electron chi connectivity index (χ0n) is 10.7. The smallest absolute Gasteiger partial charge is 0.00320 e. The van der Waals surface area contributed by atoms with Crippen LogP contribution in [0.25, 0.3) is 0 Å². The maximum Gasteiger partial charge on any atom is 0.00320 e. The predicted molar refractivity (Wildman–Crippen MR) is 67.5 cm³/mol. The molecule has 0 fully saturated rings. The van der Waals surface area contributed by atoms with Gasteiger partial charge in [-0.15, -0.1) is 0 Å². The summed E-state index contributed by atoms with van der Waals surface area (Å²) in [6.45, 7) is 13.0. The molecule has 1 atom stereocenters. The van der Waals surface area contributed by atoms with Crippen molar-refractivity contribution in [3.05, 3.63) is 46.1 Å². The second kappa shape index (κ2) is 4.65. The lowest BCUT2D eigenvalue weighted by Crippen LogP contribution is -1.88. The third kappa shape index (κ3) is 2.95. The molecule has 0 saturated heterocycles. The Hall–Kier alpha value is -1.04. The van der Waals surface area contributed by atoms with Gasteiger partial charge in [-0.1, -0.05) is 35.8 Å². The Labute approximate surface area is 94.1 Å². The highest BCUT2D eigenvalue weighted by Crippen LogP contribution is 2.31. The Morgan fingerprint density at radius 3 is 2.20 bits per heavy atom. The van der Waals surface area contributed by atoms with E-state index in [0.717, 1.165) is 0 Å². The quantitative estimate of drug-likeness (QED) is 0.572. The molecule has 0 aromatic heterocycles. The molecular weight excluding hydrogens is 180 g/mol. The standard InChI is InChI=1S/C15H21/c1-10(2)7-11(3)8-15-13(5)9-12(4)14(15)6/h7-8,12H,1-6H3. The van der Waals surface area contributed by atoms with Crippen molar-refractivity contribution in [2.24, 2.45) is 5.92 Å². The van der Waals surface area contributed by atoms with E-state index in [1.807, 2.05) is 0 Å². The lowest BCUT2D eigenvalue weighted by atomic mass is 10.0. The van der Waals surface area contributed by atoms with Crippen molar-refractivity contribution in [3.8, 4) is 0 Å². The molecule has 1 radical (unpaired) electrons. The van der Waals surface area contributed by atoms with Crippen LogP contribution in [0.15, 0.2) is 40.0 Å². The molecule has 0 saturated carbocycles. The zero-order valence-corrected chi connectivity index (χ0v) is 10.7. The molecule has 0 spiro atoms. The highest BCUT2D eigenvalue weighted by molar-refractivity contribution is 5.49. The maximum absolute atomic E-state index is 3.45. The van der Waals surface area contributed by atoms with Gasteiger partial charge in [0.15, 0.2) is 0 Å². The SMILES string of the molecule is CC1=[C]C(C)C(C)=C1C=C(C)C=C(C)C. The fourth-order valence-corrected chi connectivity index (χ4v) is 1.99. The highest BCUT2D eigenvalue weighted by atomic mass is 14.2. The molecule has 0 aromatic rings. The van der Waals surface area contributed by atoms with Crippen molar-refractivity contribution >= 4 is 0 Å². The van der Waals surface area contributed by atoms with Gasteiger partial charge in [-0.05, 0) is 51.8 Å².